The zero-order valence-corrected chi connectivity index (χ0v) is 11.2. The number of benzene rings is 1. The standard InChI is InChI=1S/C15H21NO3/c1-16-9-2-3-11(8-10-16)12-4-6-13(7-5-12)14(17)15(18)19/h4-7,11,14,17H,2-3,8-10H2,1H3,(H,18,19). The summed E-state index contributed by atoms with van der Waals surface area (Å²) in [5.74, 6) is -0.662. The van der Waals surface area contributed by atoms with Gasteiger partial charge in [-0.3, -0.25) is 0 Å². The molecule has 1 fully saturated rings. The predicted octanol–water partition coefficient (Wildman–Crippen LogP) is 2.00. The predicted molar refractivity (Wildman–Crippen MR) is 73.1 cm³/mol. The Morgan fingerprint density at radius 2 is 1.95 bits per heavy atom. The summed E-state index contributed by atoms with van der Waals surface area (Å²) in [5.41, 5.74) is 1.69. The second-order valence-corrected chi connectivity index (χ2v) is 5.34. The van der Waals surface area contributed by atoms with E-state index in [4.69, 9.17) is 5.11 Å². The van der Waals surface area contributed by atoms with Crippen LogP contribution >= 0.6 is 0 Å². The smallest absolute Gasteiger partial charge is 0.337 e. The molecule has 1 aliphatic rings. The summed E-state index contributed by atoms with van der Waals surface area (Å²) in [7, 11) is 2.15. The van der Waals surface area contributed by atoms with Crippen molar-refractivity contribution in [2.45, 2.75) is 31.3 Å². The van der Waals surface area contributed by atoms with Crippen molar-refractivity contribution in [1.29, 1.82) is 0 Å². The lowest BCUT2D eigenvalue weighted by atomic mass is 9.91. The number of aliphatic hydroxyl groups excluding tert-OH is 1. The second kappa shape index (κ2) is 6.17. The molecule has 0 aliphatic carbocycles. The van der Waals surface area contributed by atoms with E-state index in [0.717, 1.165) is 19.5 Å². The minimum Gasteiger partial charge on any atom is -0.479 e. The summed E-state index contributed by atoms with van der Waals surface area (Å²) in [6.45, 7) is 2.25. The van der Waals surface area contributed by atoms with Gasteiger partial charge < -0.3 is 15.1 Å². The van der Waals surface area contributed by atoms with Crippen molar-refractivity contribution in [2.75, 3.05) is 20.1 Å². The minimum atomic E-state index is -1.42. The Balaban J connectivity index is 2.07. The third-order valence-corrected chi connectivity index (χ3v) is 3.91. The molecule has 0 bridgehead atoms. The third-order valence-electron chi connectivity index (χ3n) is 3.91. The highest BCUT2D eigenvalue weighted by Crippen LogP contribution is 2.28. The summed E-state index contributed by atoms with van der Waals surface area (Å²) in [6.07, 6.45) is 2.08. The van der Waals surface area contributed by atoms with E-state index in [0.29, 0.717) is 11.5 Å². The number of hydrogen-bond donors (Lipinski definition) is 2. The largest absolute Gasteiger partial charge is 0.479 e. The van der Waals surface area contributed by atoms with E-state index < -0.39 is 12.1 Å². The average Bonchev–Trinajstić information content (AvgIpc) is 2.63. The van der Waals surface area contributed by atoms with E-state index in [1.165, 1.54) is 18.4 Å². The van der Waals surface area contributed by atoms with Gasteiger partial charge in [0.05, 0.1) is 0 Å². The SMILES string of the molecule is CN1CCCC(c2ccc(C(O)C(=O)O)cc2)CC1. The maximum absolute atomic E-state index is 10.7. The molecule has 0 spiro atoms. The van der Waals surface area contributed by atoms with Gasteiger partial charge in [-0.05, 0) is 56.4 Å². The molecule has 2 N–H and O–H groups in total. The summed E-state index contributed by atoms with van der Waals surface area (Å²) < 4.78 is 0. The molecule has 0 amide bonds. The normalized spacial score (nSPS) is 22.7. The molecule has 2 atom stereocenters. The lowest BCUT2D eigenvalue weighted by Gasteiger charge is -2.16. The Hall–Kier alpha value is -1.39. The summed E-state index contributed by atoms with van der Waals surface area (Å²) >= 11 is 0. The van der Waals surface area contributed by atoms with Crippen LogP contribution in [0.2, 0.25) is 0 Å². The van der Waals surface area contributed by atoms with Crippen LogP contribution < -0.4 is 0 Å². The highest BCUT2D eigenvalue weighted by atomic mass is 16.4. The fourth-order valence-electron chi connectivity index (χ4n) is 2.67. The first-order valence-corrected chi connectivity index (χ1v) is 6.77. The minimum absolute atomic E-state index is 0.446. The van der Waals surface area contributed by atoms with Crippen molar-refractivity contribution in [1.82, 2.24) is 4.90 Å². The van der Waals surface area contributed by atoms with Crippen molar-refractivity contribution >= 4 is 5.97 Å². The molecule has 1 aromatic carbocycles. The van der Waals surface area contributed by atoms with Gasteiger partial charge in [0.1, 0.15) is 0 Å². The molecule has 2 rings (SSSR count). The lowest BCUT2D eigenvalue weighted by molar-refractivity contribution is -0.146. The van der Waals surface area contributed by atoms with Crippen molar-refractivity contribution in [2.24, 2.45) is 0 Å². The van der Waals surface area contributed by atoms with Gasteiger partial charge in [-0.25, -0.2) is 4.79 Å². The Kier molecular flexibility index (Phi) is 4.56. The third kappa shape index (κ3) is 3.55. The van der Waals surface area contributed by atoms with Crippen molar-refractivity contribution < 1.29 is 15.0 Å². The molecule has 0 saturated carbocycles. The van der Waals surface area contributed by atoms with Crippen LogP contribution in [0.4, 0.5) is 0 Å². The van der Waals surface area contributed by atoms with E-state index in [1.54, 1.807) is 12.1 Å². The molecule has 1 aliphatic heterocycles. The van der Waals surface area contributed by atoms with Crippen LogP contribution in [0, 0.1) is 0 Å². The van der Waals surface area contributed by atoms with Crippen LogP contribution in [0.5, 0.6) is 0 Å². The number of likely N-dealkylation sites (tertiary alicyclic amines) is 1. The monoisotopic (exact) mass is 263 g/mol. The van der Waals surface area contributed by atoms with E-state index >= 15 is 0 Å². The van der Waals surface area contributed by atoms with Crippen molar-refractivity contribution in [3.63, 3.8) is 0 Å². The highest BCUT2D eigenvalue weighted by molar-refractivity contribution is 5.73. The molecular formula is C15H21NO3. The number of aliphatic hydroxyl groups is 1. The van der Waals surface area contributed by atoms with Gasteiger partial charge in [0.25, 0.3) is 0 Å². The summed E-state index contributed by atoms with van der Waals surface area (Å²) in [6, 6.07) is 7.36. The lowest BCUT2D eigenvalue weighted by Crippen LogP contribution is -2.18. The summed E-state index contributed by atoms with van der Waals surface area (Å²) in [4.78, 5) is 13.1. The molecule has 1 saturated heterocycles. The number of carboxylic acid groups (broad SMARTS) is 1. The molecule has 4 nitrogen and oxygen atoms in total. The first-order valence-electron chi connectivity index (χ1n) is 6.77. The van der Waals surface area contributed by atoms with Crippen LogP contribution in [0.3, 0.4) is 0 Å². The van der Waals surface area contributed by atoms with Gasteiger partial charge in [-0.1, -0.05) is 24.3 Å². The van der Waals surface area contributed by atoms with Gasteiger partial charge in [0, 0.05) is 0 Å². The molecule has 0 radical (unpaired) electrons. The van der Waals surface area contributed by atoms with Crippen LogP contribution in [-0.2, 0) is 4.79 Å². The fourth-order valence-corrected chi connectivity index (χ4v) is 2.67. The zero-order valence-electron chi connectivity index (χ0n) is 11.2. The van der Waals surface area contributed by atoms with E-state index in [1.807, 2.05) is 12.1 Å². The van der Waals surface area contributed by atoms with E-state index in [9.17, 15) is 9.90 Å². The molecule has 2 unspecified atom stereocenters. The second-order valence-electron chi connectivity index (χ2n) is 5.34. The van der Waals surface area contributed by atoms with Gasteiger partial charge in [-0.2, -0.15) is 0 Å². The number of aliphatic carboxylic acids is 1. The van der Waals surface area contributed by atoms with E-state index in [-0.39, 0.29) is 0 Å². The fraction of sp³-hybridized carbons (Fsp3) is 0.533. The molecule has 0 aromatic heterocycles. The Morgan fingerprint density at radius 1 is 1.26 bits per heavy atom. The maximum Gasteiger partial charge on any atom is 0.337 e. The zero-order chi connectivity index (χ0) is 13.8. The molecule has 1 aromatic rings. The first-order chi connectivity index (χ1) is 9.08. The van der Waals surface area contributed by atoms with Crippen molar-refractivity contribution in [3.8, 4) is 0 Å². The molecule has 19 heavy (non-hydrogen) atoms. The number of carbonyl (C=O) groups is 1. The van der Waals surface area contributed by atoms with E-state index in [2.05, 4.69) is 11.9 Å². The van der Waals surface area contributed by atoms with Crippen LogP contribution in [0.15, 0.2) is 24.3 Å². The van der Waals surface area contributed by atoms with Crippen LogP contribution in [0.25, 0.3) is 0 Å². The molecule has 1 heterocycles. The van der Waals surface area contributed by atoms with Gasteiger partial charge in [0.15, 0.2) is 6.10 Å². The highest BCUT2D eigenvalue weighted by Gasteiger charge is 2.19. The first kappa shape index (κ1) is 14.0. The van der Waals surface area contributed by atoms with Crippen LogP contribution in [-0.4, -0.2) is 41.2 Å². The quantitative estimate of drug-likeness (QED) is 0.875. The van der Waals surface area contributed by atoms with Crippen LogP contribution in [0.1, 0.15) is 42.4 Å². The molecular weight excluding hydrogens is 242 g/mol. The number of nitrogens with zero attached hydrogens (tertiary/aromatic N) is 1. The van der Waals surface area contributed by atoms with Gasteiger partial charge in [-0.15, -0.1) is 0 Å². The number of rotatable bonds is 3. The maximum atomic E-state index is 10.7. The Labute approximate surface area is 113 Å². The number of carboxylic acids is 1. The number of hydrogen-bond acceptors (Lipinski definition) is 3. The Bertz CT molecular complexity index is 430. The average molecular weight is 263 g/mol. The Morgan fingerprint density at radius 3 is 2.58 bits per heavy atom. The molecule has 104 valence electrons. The van der Waals surface area contributed by atoms with Gasteiger partial charge >= 0.3 is 5.97 Å². The summed E-state index contributed by atoms with van der Waals surface area (Å²) in [5, 5.41) is 18.2. The topological polar surface area (TPSA) is 60.8 Å². The van der Waals surface area contributed by atoms with Gasteiger partial charge in [0.2, 0.25) is 0 Å². The van der Waals surface area contributed by atoms with Crippen molar-refractivity contribution in [3.05, 3.63) is 35.4 Å². The molecule has 4 heteroatoms.